The molecule has 1 aromatic carbocycles. The van der Waals surface area contributed by atoms with Crippen molar-refractivity contribution < 1.29 is 4.39 Å². The fourth-order valence-electron chi connectivity index (χ4n) is 5.95. The topological polar surface area (TPSA) is 83.8 Å². The molecule has 0 bridgehead atoms. The fourth-order valence-corrected chi connectivity index (χ4v) is 5.95. The summed E-state index contributed by atoms with van der Waals surface area (Å²) < 4.78 is 17.2. The number of benzene rings is 1. The van der Waals surface area contributed by atoms with Crippen LogP contribution < -0.4 is 10.6 Å². The van der Waals surface area contributed by atoms with Crippen LogP contribution in [0.25, 0.3) is 22.3 Å². The summed E-state index contributed by atoms with van der Waals surface area (Å²) in [6, 6.07) is 8.26. The molecule has 2 aliphatic rings. The molecule has 38 heavy (non-hydrogen) atoms. The Labute approximate surface area is 222 Å². The lowest BCUT2D eigenvalue weighted by Gasteiger charge is -2.30. The van der Waals surface area contributed by atoms with Gasteiger partial charge in [0.15, 0.2) is 5.82 Å². The number of hydrogen-bond acceptors (Lipinski definition) is 7. The molecule has 2 N–H and O–H groups in total. The van der Waals surface area contributed by atoms with Crippen LogP contribution in [0.1, 0.15) is 49.0 Å². The third-order valence-electron chi connectivity index (χ3n) is 7.74. The molecular formula is C29H35FN8. The van der Waals surface area contributed by atoms with E-state index in [1.54, 1.807) is 0 Å². The number of aromatic nitrogens is 5. The zero-order valence-electron chi connectivity index (χ0n) is 22.6. The third kappa shape index (κ3) is 4.76. The van der Waals surface area contributed by atoms with Gasteiger partial charge in [-0.2, -0.15) is 0 Å². The first-order valence-electron chi connectivity index (χ1n) is 13.6. The number of rotatable bonds is 6. The van der Waals surface area contributed by atoms with Crippen molar-refractivity contribution >= 4 is 22.8 Å². The molecule has 6 rings (SSSR count). The number of pyridine rings is 1. The summed E-state index contributed by atoms with van der Waals surface area (Å²) in [5.41, 5.74) is 6.25. The van der Waals surface area contributed by atoms with Crippen molar-refractivity contribution in [3.63, 3.8) is 0 Å². The molecule has 3 aromatic heterocycles. The Morgan fingerprint density at radius 1 is 1.16 bits per heavy atom. The second-order valence-corrected chi connectivity index (χ2v) is 10.9. The largest absolute Gasteiger partial charge is 0.326 e. The highest BCUT2D eigenvalue weighted by Gasteiger charge is 2.23. The van der Waals surface area contributed by atoms with E-state index in [0.29, 0.717) is 17.3 Å². The quantitative estimate of drug-likeness (QED) is 0.377. The molecule has 0 radical (unpaired) electrons. The summed E-state index contributed by atoms with van der Waals surface area (Å²) in [6.07, 6.45) is 3.41. The van der Waals surface area contributed by atoms with Gasteiger partial charge in [0, 0.05) is 43.4 Å². The molecule has 1 atom stereocenters. The van der Waals surface area contributed by atoms with E-state index >= 15 is 0 Å². The molecule has 4 aromatic rings. The van der Waals surface area contributed by atoms with Crippen LogP contribution in [0, 0.1) is 25.6 Å². The lowest BCUT2D eigenvalue weighted by Crippen LogP contribution is -2.35. The molecule has 0 aliphatic carbocycles. The van der Waals surface area contributed by atoms with Crippen molar-refractivity contribution in [2.24, 2.45) is 5.92 Å². The molecule has 0 amide bonds. The second kappa shape index (κ2) is 10.0. The van der Waals surface area contributed by atoms with Gasteiger partial charge in [0.2, 0.25) is 5.95 Å². The van der Waals surface area contributed by atoms with Crippen molar-refractivity contribution in [1.82, 2.24) is 34.7 Å². The molecular weight excluding hydrogens is 479 g/mol. The Hall–Kier alpha value is -3.43. The standard InChI is InChI=1S/C29H35FN8/c1-17(2)38-19(4)33-27-18(3)11-22(12-25(27)38)28-23(30)14-32-29(36-28)35-26-6-5-21-16-37(10-8-24(21)34-26)15-20-7-9-31-13-20/h5-6,11-12,14,17,20,31H,7-10,13,15-16H2,1-4H3,(H,32,34,35,36)/t20-/m0/s1. The molecule has 0 unspecified atom stereocenters. The maximum absolute atomic E-state index is 15.0. The molecule has 5 heterocycles. The Morgan fingerprint density at radius 3 is 2.82 bits per heavy atom. The van der Waals surface area contributed by atoms with Crippen LogP contribution in [0.3, 0.4) is 0 Å². The van der Waals surface area contributed by atoms with Gasteiger partial charge in [-0.05, 0) is 82.4 Å². The Balaban J connectivity index is 1.24. The minimum atomic E-state index is -0.461. The van der Waals surface area contributed by atoms with Gasteiger partial charge in [-0.25, -0.2) is 24.3 Å². The summed E-state index contributed by atoms with van der Waals surface area (Å²) in [6.45, 7) is 13.6. The maximum atomic E-state index is 15.0. The normalized spacial score (nSPS) is 17.9. The number of nitrogens with one attached hydrogen (secondary N) is 2. The van der Waals surface area contributed by atoms with Gasteiger partial charge >= 0.3 is 0 Å². The van der Waals surface area contributed by atoms with Gasteiger partial charge in [0.1, 0.15) is 17.3 Å². The van der Waals surface area contributed by atoms with Crippen molar-refractivity contribution in [2.75, 3.05) is 31.5 Å². The molecule has 9 heteroatoms. The van der Waals surface area contributed by atoms with Gasteiger partial charge in [-0.15, -0.1) is 0 Å². The summed E-state index contributed by atoms with van der Waals surface area (Å²) in [5, 5.41) is 6.67. The predicted octanol–water partition coefficient (Wildman–Crippen LogP) is 4.94. The van der Waals surface area contributed by atoms with Crippen molar-refractivity contribution in [3.8, 4) is 11.3 Å². The van der Waals surface area contributed by atoms with Gasteiger partial charge < -0.3 is 15.2 Å². The van der Waals surface area contributed by atoms with Crippen LogP contribution >= 0.6 is 0 Å². The smallest absolute Gasteiger partial charge is 0.229 e. The first kappa shape index (κ1) is 24.9. The lowest BCUT2D eigenvalue weighted by atomic mass is 10.0. The monoisotopic (exact) mass is 514 g/mol. The molecule has 2 aliphatic heterocycles. The number of aryl methyl sites for hydroxylation is 2. The summed E-state index contributed by atoms with van der Waals surface area (Å²) in [4.78, 5) is 20.9. The Kier molecular flexibility index (Phi) is 6.57. The average molecular weight is 515 g/mol. The van der Waals surface area contributed by atoms with E-state index in [0.717, 1.165) is 73.2 Å². The maximum Gasteiger partial charge on any atom is 0.229 e. The molecule has 1 fully saturated rings. The zero-order valence-corrected chi connectivity index (χ0v) is 22.6. The molecule has 198 valence electrons. The second-order valence-electron chi connectivity index (χ2n) is 10.9. The number of halogens is 1. The fraction of sp³-hybridized carbons (Fsp3) is 0.448. The van der Waals surface area contributed by atoms with Gasteiger partial charge in [0.05, 0.1) is 17.2 Å². The molecule has 0 saturated carbocycles. The molecule has 1 saturated heterocycles. The van der Waals surface area contributed by atoms with E-state index in [1.807, 2.05) is 32.0 Å². The molecule has 8 nitrogen and oxygen atoms in total. The highest BCUT2D eigenvalue weighted by Crippen LogP contribution is 2.31. The van der Waals surface area contributed by atoms with Crippen LogP contribution in [-0.2, 0) is 13.0 Å². The predicted molar refractivity (Wildman–Crippen MR) is 148 cm³/mol. The summed E-state index contributed by atoms with van der Waals surface area (Å²) >= 11 is 0. The van der Waals surface area contributed by atoms with Gasteiger partial charge in [0.25, 0.3) is 0 Å². The van der Waals surface area contributed by atoms with E-state index in [9.17, 15) is 4.39 Å². The van der Waals surface area contributed by atoms with Crippen molar-refractivity contribution in [2.45, 2.75) is 53.1 Å². The Bertz CT molecular complexity index is 1490. The van der Waals surface area contributed by atoms with E-state index in [-0.39, 0.29) is 11.7 Å². The SMILES string of the molecule is Cc1cc(-c2nc(Nc3ccc4c(n3)CCN(C[C@H]3CCNC3)C4)ncc2F)cc2c1nc(C)n2C(C)C. The number of imidazole rings is 1. The minimum Gasteiger partial charge on any atom is -0.326 e. The van der Waals surface area contributed by atoms with E-state index in [1.165, 1.54) is 18.2 Å². The first-order chi connectivity index (χ1) is 18.4. The summed E-state index contributed by atoms with van der Waals surface area (Å²) in [7, 11) is 0. The van der Waals surface area contributed by atoms with Crippen LogP contribution in [0.5, 0.6) is 0 Å². The minimum absolute atomic E-state index is 0.240. The number of fused-ring (bicyclic) bond motifs is 2. The lowest BCUT2D eigenvalue weighted by molar-refractivity contribution is 0.218. The van der Waals surface area contributed by atoms with Gasteiger partial charge in [-0.1, -0.05) is 6.07 Å². The highest BCUT2D eigenvalue weighted by molar-refractivity contribution is 5.85. The van der Waals surface area contributed by atoms with Crippen LogP contribution in [0.15, 0.2) is 30.5 Å². The zero-order chi connectivity index (χ0) is 26.4. The number of hydrogen-bond donors (Lipinski definition) is 2. The first-order valence-corrected chi connectivity index (χ1v) is 13.6. The highest BCUT2D eigenvalue weighted by atomic mass is 19.1. The van der Waals surface area contributed by atoms with Crippen molar-refractivity contribution in [1.29, 1.82) is 0 Å². The summed E-state index contributed by atoms with van der Waals surface area (Å²) in [5.74, 6) is 2.23. The number of anilines is 2. The Morgan fingerprint density at radius 2 is 2.03 bits per heavy atom. The van der Waals surface area contributed by atoms with E-state index < -0.39 is 5.82 Å². The average Bonchev–Trinajstić information content (AvgIpc) is 3.52. The number of nitrogens with zero attached hydrogens (tertiary/aromatic N) is 6. The molecule has 0 spiro atoms. The van der Waals surface area contributed by atoms with Crippen LogP contribution in [0.4, 0.5) is 16.2 Å². The van der Waals surface area contributed by atoms with E-state index in [4.69, 9.17) is 9.97 Å². The third-order valence-corrected chi connectivity index (χ3v) is 7.74. The van der Waals surface area contributed by atoms with Crippen molar-refractivity contribution in [3.05, 3.63) is 58.9 Å². The van der Waals surface area contributed by atoms with Crippen LogP contribution in [-0.4, -0.2) is 55.6 Å². The van der Waals surface area contributed by atoms with Crippen LogP contribution in [0.2, 0.25) is 0 Å². The van der Waals surface area contributed by atoms with Gasteiger partial charge in [-0.3, -0.25) is 4.90 Å². The van der Waals surface area contributed by atoms with E-state index in [2.05, 4.69) is 50.0 Å².